The normalized spacial score (nSPS) is 12.2. The maximum absolute atomic E-state index is 13.4. The summed E-state index contributed by atoms with van der Waals surface area (Å²) in [6.07, 6.45) is 0. The van der Waals surface area contributed by atoms with Gasteiger partial charge in [-0.25, -0.2) is 13.8 Å². The highest BCUT2D eigenvalue weighted by atomic mass is 35.5. The van der Waals surface area contributed by atoms with Gasteiger partial charge < -0.3 is 4.90 Å². The molecule has 1 atom stereocenters. The van der Waals surface area contributed by atoms with Crippen molar-refractivity contribution < 1.29 is 13.6 Å². The van der Waals surface area contributed by atoms with E-state index in [1.54, 1.807) is 25.4 Å². The van der Waals surface area contributed by atoms with Gasteiger partial charge in [-0.05, 0) is 36.8 Å². The zero-order chi connectivity index (χ0) is 18.1. The van der Waals surface area contributed by atoms with Gasteiger partial charge in [0.1, 0.15) is 10.7 Å². The Morgan fingerprint density at radius 2 is 2.00 bits per heavy atom. The summed E-state index contributed by atoms with van der Waals surface area (Å²) in [5, 5.41) is 2.40. The van der Waals surface area contributed by atoms with Gasteiger partial charge in [-0.2, -0.15) is 0 Å². The lowest BCUT2D eigenvalue weighted by Gasteiger charge is -2.24. The molecule has 0 bridgehead atoms. The fraction of sp³-hybridized carbons (Fsp3) is 0.176. The molecule has 2 heterocycles. The number of benzene rings is 1. The molecule has 130 valence electrons. The maximum atomic E-state index is 13.4. The second kappa shape index (κ2) is 7.19. The average Bonchev–Trinajstić information content (AvgIpc) is 3.24. The van der Waals surface area contributed by atoms with Crippen LogP contribution >= 0.6 is 34.3 Å². The van der Waals surface area contributed by atoms with Gasteiger partial charge in [-0.15, -0.1) is 22.7 Å². The van der Waals surface area contributed by atoms with Crippen LogP contribution in [0.4, 0.5) is 8.78 Å². The first-order valence-electron chi connectivity index (χ1n) is 7.30. The molecule has 0 saturated carbocycles. The van der Waals surface area contributed by atoms with Crippen molar-refractivity contribution in [3.8, 4) is 9.88 Å². The Balaban J connectivity index is 1.80. The average molecular weight is 399 g/mol. The third-order valence-electron chi connectivity index (χ3n) is 3.83. The van der Waals surface area contributed by atoms with Crippen molar-refractivity contribution in [2.24, 2.45) is 0 Å². The Morgan fingerprint density at radius 3 is 2.64 bits per heavy atom. The van der Waals surface area contributed by atoms with Crippen LogP contribution in [0.3, 0.4) is 0 Å². The number of hydrogen-bond donors (Lipinski definition) is 0. The molecule has 3 aromatic rings. The van der Waals surface area contributed by atoms with Crippen molar-refractivity contribution in [1.82, 2.24) is 9.88 Å². The molecule has 25 heavy (non-hydrogen) atoms. The molecule has 0 spiro atoms. The predicted octanol–water partition coefficient (Wildman–Crippen LogP) is 5.64. The molecular formula is C17H13ClF2N2OS2. The molecule has 8 heteroatoms. The summed E-state index contributed by atoms with van der Waals surface area (Å²) in [4.78, 5) is 19.4. The number of thiazole rings is 1. The van der Waals surface area contributed by atoms with Crippen molar-refractivity contribution in [2.45, 2.75) is 13.0 Å². The molecule has 1 amide bonds. The number of halogens is 3. The second-order valence-corrected chi connectivity index (χ2v) is 7.98. The first-order chi connectivity index (χ1) is 11.9. The molecule has 3 rings (SSSR count). The SMILES string of the molecule is CC(c1ccc(F)c(F)c1)N(C)C(=O)c1csc(-c2ccc(Cl)s2)n1. The molecular weight excluding hydrogens is 386 g/mol. The fourth-order valence-corrected chi connectivity index (χ4v) is 4.18. The summed E-state index contributed by atoms with van der Waals surface area (Å²) in [6, 6.07) is 6.83. The van der Waals surface area contributed by atoms with Gasteiger partial charge in [0, 0.05) is 12.4 Å². The van der Waals surface area contributed by atoms with E-state index in [1.165, 1.54) is 33.6 Å². The number of rotatable bonds is 4. The van der Waals surface area contributed by atoms with E-state index in [1.807, 2.05) is 6.07 Å². The van der Waals surface area contributed by atoms with Crippen LogP contribution in [-0.4, -0.2) is 22.8 Å². The second-order valence-electron chi connectivity index (χ2n) is 5.41. The lowest BCUT2D eigenvalue weighted by atomic mass is 10.1. The van der Waals surface area contributed by atoms with Crippen LogP contribution in [0.2, 0.25) is 4.34 Å². The van der Waals surface area contributed by atoms with Gasteiger partial charge in [-0.1, -0.05) is 17.7 Å². The summed E-state index contributed by atoms with van der Waals surface area (Å²) >= 11 is 8.68. The van der Waals surface area contributed by atoms with Crippen molar-refractivity contribution >= 4 is 40.2 Å². The molecule has 0 aliphatic carbocycles. The number of nitrogens with zero attached hydrogens (tertiary/aromatic N) is 2. The van der Waals surface area contributed by atoms with Gasteiger partial charge in [0.25, 0.3) is 5.91 Å². The molecule has 3 nitrogen and oxygen atoms in total. The highest BCUT2D eigenvalue weighted by Crippen LogP contribution is 2.33. The molecule has 1 aromatic carbocycles. The smallest absolute Gasteiger partial charge is 0.273 e. The van der Waals surface area contributed by atoms with Crippen molar-refractivity contribution in [3.05, 3.63) is 62.9 Å². The van der Waals surface area contributed by atoms with Gasteiger partial charge in [0.05, 0.1) is 15.3 Å². The molecule has 0 fully saturated rings. The van der Waals surface area contributed by atoms with Crippen molar-refractivity contribution in [2.75, 3.05) is 7.05 Å². The minimum Gasteiger partial charge on any atom is -0.334 e. The molecule has 2 aromatic heterocycles. The first kappa shape index (κ1) is 18.0. The van der Waals surface area contributed by atoms with Crippen molar-refractivity contribution in [1.29, 1.82) is 0 Å². The highest BCUT2D eigenvalue weighted by molar-refractivity contribution is 7.23. The van der Waals surface area contributed by atoms with Crippen LogP contribution in [-0.2, 0) is 0 Å². The van der Waals surface area contributed by atoms with E-state index in [0.717, 1.165) is 17.0 Å². The van der Waals surface area contributed by atoms with Crippen molar-refractivity contribution in [3.63, 3.8) is 0 Å². The summed E-state index contributed by atoms with van der Waals surface area (Å²) in [5.41, 5.74) is 0.816. The van der Waals surface area contributed by atoms with E-state index in [2.05, 4.69) is 4.98 Å². The van der Waals surface area contributed by atoms with Crippen LogP contribution < -0.4 is 0 Å². The fourth-order valence-electron chi connectivity index (χ4n) is 2.27. The van der Waals surface area contributed by atoms with E-state index in [-0.39, 0.29) is 5.91 Å². The highest BCUT2D eigenvalue weighted by Gasteiger charge is 2.22. The molecule has 0 saturated heterocycles. The zero-order valence-electron chi connectivity index (χ0n) is 13.3. The third-order valence-corrected chi connectivity index (χ3v) is 6.08. The minimum atomic E-state index is -0.935. The Kier molecular flexibility index (Phi) is 5.17. The molecule has 1 unspecified atom stereocenters. The third kappa shape index (κ3) is 3.73. The summed E-state index contributed by atoms with van der Waals surface area (Å²) in [5.74, 6) is -2.14. The number of carbonyl (C=O) groups is 1. The standard InChI is InChI=1S/C17H13ClF2N2OS2/c1-9(10-3-4-11(19)12(20)7-10)22(2)17(23)13-8-24-16(21-13)14-5-6-15(18)25-14/h3-9H,1-2H3. The quantitative estimate of drug-likeness (QED) is 0.570. The zero-order valence-corrected chi connectivity index (χ0v) is 15.7. The van der Waals surface area contributed by atoms with Gasteiger partial charge >= 0.3 is 0 Å². The first-order valence-corrected chi connectivity index (χ1v) is 9.37. The van der Waals surface area contributed by atoms with E-state index in [0.29, 0.717) is 20.6 Å². The Bertz CT molecular complexity index is 925. The van der Waals surface area contributed by atoms with Crippen LogP contribution in [0.1, 0.15) is 29.0 Å². The number of hydrogen-bond acceptors (Lipinski definition) is 4. The largest absolute Gasteiger partial charge is 0.334 e. The van der Waals surface area contributed by atoms with Crippen LogP contribution in [0.15, 0.2) is 35.7 Å². The maximum Gasteiger partial charge on any atom is 0.273 e. The van der Waals surface area contributed by atoms with Gasteiger partial charge in [0.2, 0.25) is 0 Å². The van der Waals surface area contributed by atoms with Crippen LogP contribution in [0, 0.1) is 11.6 Å². The van der Waals surface area contributed by atoms with Crippen LogP contribution in [0.25, 0.3) is 9.88 Å². The lowest BCUT2D eigenvalue weighted by Crippen LogP contribution is -2.30. The van der Waals surface area contributed by atoms with E-state index in [4.69, 9.17) is 11.6 Å². The summed E-state index contributed by atoms with van der Waals surface area (Å²) in [6.45, 7) is 1.75. The Labute approximate surface area is 156 Å². The monoisotopic (exact) mass is 398 g/mol. The van der Waals surface area contributed by atoms with Crippen LogP contribution in [0.5, 0.6) is 0 Å². The Hall–Kier alpha value is -1.83. The Morgan fingerprint density at radius 1 is 1.24 bits per heavy atom. The molecule has 0 aliphatic rings. The van der Waals surface area contributed by atoms with Gasteiger partial charge in [0.15, 0.2) is 11.6 Å². The van der Waals surface area contributed by atoms with E-state index < -0.39 is 17.7 Å². The number of amides is 1. The molecule has 0 N–H and O–H groups in total. The number of thiophene rings is 1. The predicted molar refractivity (Wildman–Crippen MR) is 97.3 cm³/mol. The topological polar surface area (TPSA) is 33.2 Å². The molecule has 0 radical (unpaired) electrons. The number of aromatic nitrogens is 1. The number of carbonyl (C=O) groups excluding carboxylic acids is 1. The lowest BCUT2D eigenvalue weighted by molar-refractivity contribution is 0.0737. The molecule has 0 aliphatic heterocycles. The summed E-state index contributed by atoms with van der Waals surface area (Å²) in [7, 11) is 1.61. The van der Waals surface area contributed by atoms with Gasteiger partial charge in [-0.3, -0.25) is 4.79 Å². The van der Waals surface area contributed by atoms with E-state index in [9.17, 15) is 13.6 Å². The summed E-state index contributed by atoms with van der Waals surface area (Å²) < 4.78 is 27.2. The van der Waals surface area contributed by atoms with E-state index >= 15 is 0 Å². The minimum absolute atomic E-state index is 0.289.